The van der Waals surface area contributed by atoms with Crippen molar-refractivity contribution in [2.24, 2.45) is 0 Å². The normalized spacial score (nSPS) is 17.6. The molecule has 0 radical (unpaired) electrons. The molecule has 0 atom stereocenters. The fourth-order valence-corrected chi connectivity index (χ4v) is 4.37. The van der Waals surface area contributed by atoms with Gasteiger partial charge in [0.25, 0.3) is 5.56 Å². The summed E-state index contributed by atoms with van der Waals surface area (Å²) in [4.78, 5) is 32.3. The Morgan fingerprint density at radius 2 is 1.97 bits per heavy atom. The van der Waals surface area contributed by atoms with Crippen molar-refractivity contribution in [3.8, 4) is 0 Å². The lowest BCUT2D eigenvalue weighted by Crippen LogP contribution is -2.41. The van der Waals surface area contributed by atoms with Crippen molar-refractivity contribution in [3.05, 3.63) is 69.2 Å². The number of allylic oxidation sites excluding steroid dienone is 1. The third-order valence-corrected chi connectivity index (χ3v) is 6.18. The Hall–Kier alpha value is -3.00. The lowest BCUT2D eigenvalue weighted by molar-refractivity contribution is -0.118. The molecule has 2 aliphatic rings. The van der Waals surface area contributed by atoms with Crippen LogP contribution in [0.4, 0.5) is 5.69 Å². The predicted molar refractivity (Wildman–Crippen MR) is 126 cm³/mol. The SMILES string of the molecule is O=C(CN1CCOCC1)Nc1ccc2c(=O)n3c(nc2c1)C(=Cc1ccccc1Cl)CC3. The van der Waals surface area contributed by atoms with Crippen LogP contribution < -0.4 is 10.9 Å². The number of hydrogen-bond acceptors (Lipinski definition) is 5. The fraction of sp³-hybridized carbons (Fsp3) is 0.292. The minimum Gasteiger partial charge on any atom is -0.379 e. The van der Waals surface area contributed by atoms with Crippen LogP contribution in [0.3, 0.4) is 0 Å². The average molecular weight is 451 g/mol. The first kappa shape index (κ1) is 20.9. The molecule has 2 aliphatic heterocycles. The predicted octanol–water partition coefficient (Wildman–Crippen LogP) is 3.26. The van der Waals surface area contributed by atoms with Crippen LogP contribution in [-0.4, -0.2) is 53.2 Å². The van der Waals surface area contributed by atoms with E-state index < -0.39 is 0 Å². The number of benzene rings is 2. The Bertz CT molecular complexity index is 1280. The van der Waals surface area contributed by atoms with E-state index in [-0.39, 0.29) is 11.5 Å². The van der Waals surface area contributed by atoms with Crippen LogP contribution in [0.15, 0.2) is 47.3 Å². The Kier molecular flexibility index (Phi) is 5.78. The number of aromatic nitrogens is 2. The molecule has 0 saturated carbocycles. The third-order valence-electron chi connectivity index (χ3n) is 5.84. The monoisotopic (exact) mass is 450 g/mol. The van der Waals surface area contributed by atoms with E-state index >= 15 is 0 Å². The van der Waals surface area contributed by atoms with Crippen LogP contribution >= 0.6 is 11.6 Å². The highest BCUT2D eigenvalue weighted by atomic mass is 35.5. The third kappa shape index (κ3) is 4.19. The van der Waals surface area contributed by atoms with Crippen molar-refractivity contribution in [3.63, 3.8) is 0 Å². The van der Waals surface area contributed by atoms with E-state index in [1.165, 1.54) is 0 Å². The van der Waals surface area contributed by atoms with E-state index in [1.807, 2.05) is 30.3 Å². The molecule has 1 N–H and O–H groups in total. The lowest BCUT2D eigenvalue weighted by Gasteiger charge is -2.25. The Labute approximate surface area is 190 Å². The highest BCUT2D eigenvalue weighted by Crippen LogP contribution is 2.30. The maximum absolute atomic E-state index is 13.0. The standard InChI is InChI=1S/C24H23ClN4O3/c25-20-4-2-1-3-16(20)13-17-7-8-29-23(17)27-21-14-18(5-6-19(21)24(29)31)26-22(30)15-28-9-11-32-12-10-28/h1-6,13-14H,7-12,15H2,(H,26,30). The number of nitrogens with zero attached hydrogens (tertiary/aromatic N) is 3. The number of fused-ring (bicyclic) bond motifs is 2. The van der Waals surface area contributed by atoms with Crippen molar-refractivity contribution >= 4 is 45.7 Å². The zero-order chi connectivity index (χ0) is 22.1. The zero-order valence-corrected chi connectivity index (χ0v) is 18.3. The molecule has 8 heteroatoms. The number of amides is 1. The molecule has 2 aromatic carbocycles. The van der Waals surface area contributed by atoms with Gasteiger partial charge in [-0.25, -0.2) is 4.98 Å². The van der Waals surface area contributed by atoms with Crippen LogP contribution in [0.5, 0.6) is 0 Å². The molecule has 0 aliphatic carbocycles. The van der Waals surface area contributed by atoms with Crippen molar-refractivity contribution in [2.45, 2.75) is 13.0 Å². The number of rotatable bonds is 4. The summed E-state index contributed by atoms with van der Waals surface area (Å²) in [7, 11) is 0. The molecule has 3 heterocycles. The van der Waals surface area contributed by atoms with Gasteiger partial charge in [-0.2, -0.15) is 0 Å². The molecule has 1 amide bonds. The lowest BCUT2D eigenvalue weighted by atomic mass is 10.1. The first-order chi connectivity index (χ1) is 15.6. The summed E-state index contributed by atoms with van der Waals surface area (Å²) < 4.78 is 7.03. The molecule has 0 spiro atoms. The van der Waals surface area contributed by atoms with Crippen molar-refractivity contribution in [2.75, 3.05) is 38.2 Å². The van der Waals surface area contributed by atoms with E-state index in [9.17, 15) is 9.59 Å². The first-order valence-corrected chi connectivity index (χ1v) is 11.1. The summed E-state index contributed by atoms with van der Waals surface area (Å²) >= 11 is 6.31. The molecule has 1 fully saturated rings. The summed E-state index contributed by atoms with van der Waals surface area (Å²) in [6.07, 6.45) is 2.71. The second-order valence-corrected chi connectivity index (χ2v) is 8.41. The topological polar surface area (TPSA) is 76.5 Å². The summed E-state index contributed by atoms with van der Waals surface area (Å²) in [5.41, 5.74) is 2.99. The van der Waals surface area contributed by atoms with Crippen LogP contribution in [0.1, 0.15) is 17.8 Å². The van der Waals surface area contributed by atoms with Crippen molar-refractivity contribution < 1.29 is 9.53 Å². The second-order valence-electron chi connectivity index (χ2n) is 8.00. The Morgan fingerprint density at radius 1 is 1.16 bits per heavy atom. The van der Waals surface area contributed by atoms with Gasteiger partial charge in [0, 0.05) is 30.3 Å². The van der Waals surface area contributed by atoms with Gasteiger partial charge in [-0.15, -0.1) is 0 Å². The number of anilines is 1. The molecule has 1 saturated heterocycles. The molecule has 3 aromatic rings. The van der Waals surface area contributed by atoms with E-state index in [1.54, 1.807) is 22.8 Å². The summed E-state index contributed by atoms with van der Waals surface area (Å²) in [5, 5.41) is 4.12. The summed E-state index contributed by atoms with van der Waals surface area (Å²) in [6.45, 7) is 3.68. The van der Waals surface area contributed by atoms with Gasteiger partial charge in [0.05, 0.1) is 30.7 Å². The zero-order valence-electron chi connectivity index (χ0n) is 17.5. The smallest absolute Gasteiger partial charge is 0.261 e. The average Bonchev–Trinajstić information content (AvgIpc) is 3.19. The van der Waals surface area contributed by atoms with Gasteiger partial charge >= 0.3 is 0 Å². The number of hydrogen-bond donors (Lipinski definition) is 1. The van der Waals surface area contributed by atoms with E-state index in [2.05, 4.69) is 10.2 Å². The molecule has 32 heavy (non-hydrogen) atoms. The molecule has 0 unspecified atom stereocenters. The van der Waals surface area contributed by atoms with Gasteiger partial charge in [-0.3, -0.25) is 19.1 Å². The van der Waals surface area contributed by atoms with Crippen LogP contribution in [0.2, 0.25) is 5.02 Å². The number of carbonyl (C=O) groups excluding carboxylic acids is 1. The van der Waals surface area contributed by atoms with E-state index in [0.717, 1.165) is 24.2 Å². The van der Waals surface area contributed by atoms with Crippen molar-refractivity contribution in [1.29, 1.82) is 0 Å². The van der Waals surface area contributed by atoms with Crippen molar-refractivity contribution in [1.82, 2.24) is 14.5 Å². The number of nitrogens with one attached hydrogen (secondary N) is 1. The van der Waals surface area contributed by atoms with Gasteiger partial charge in [0.15, 0.2) is 0 Å². The van der Waals surface area contributed by atoms with Crippen LogP contribution in [0.25, 0.3) is 22.6 Å². The van der Waals surface area contributed by atoms with E-state index in [4.69, 9.17) is 21.3 Å². The fourth-order valence-electron chi connectivity index (χ4n) is 4.17. The molecular formula is C24H23ClN4O3. The molecule has 0 bridgehead atoms. The Morgan fingerprint density at radius 3 is 2.78 bits per heavy atom. The minimum absolute atomic E-state index is 0.0706. The van der Waals surface area contributed by atoms with Gasteiger partial charge in [0.2, 0.25) is 5.91 Å². The maximum Gasteiger partial charge on any atom is 0.261 e. The second kappa shape index (κ2) is 8.86. The number of morpholine rings is 1. The van der Waals surface area contributed by atoms with Crippen LogP contribution in [0, 0.1) is 0 Å². The van der Waals surface area contributed by atoms with Crippen LogP contribution in [-0.2, 0) is 16.1 Å². The molecule has 164 valence electrons. The number of ether oxygens (including phenoxy) is 1. The first-order valence-electron chi connectivity index (χ1n) is 10.7. The molecule has 7 nitrogen and oxygen atoms in total. The number of carbonyl (C=O) groups is 1. The molecule has 1 aromatic heterocycles. The minimum atomic E-state index is -0.0940. The molecular weight excluding hydrogens is 428 g/mol. The van der Waals surface area contributed by atoms with E-state index in [0.29, 0.717) is 60.2 Å². The van der Waals surface area contributed by atoms with Gasteiger partial charge in [-0.1, -0.05) is 29.8 Å². The van der Waals surface area contributed by atoms with Gasteiger partial charge in [-0.05, 0) is 47.9 Å². The highest BCUT2D eigenvalue weighted by molar-refractivity contribution is 6.32. The Balaban J connectivity index is 1.44. The van der Waals surface area contributed by atoms with Gasteiger partial charge in [0.1, 0.15) is 5.82 Å². The highest BCUT2D eigenvalue weighted by Gasteiger charge is 2.21. The maximum atomic E-state index is 13.0. The van der Waals surface area contributed by atoms with Gasteiger partial charge < -0.3 is 10.1 Å². The summed E-state index contributed by atoms with van der Waals surface area (Å²) in [6, 6.07) is 12.9. The quantitative estimate of drug-likeness (QED) is 0.660. The largest absolute Gasteiger partial charge is 0.379 e. The molecule has 5 rings (SSSR count). The number of halogens is 1. The summed E-state index contributed by atoms with van der Waals surface area (Å²) in [5.74, 6) is 0.558.